The lowest BCUT2D eigenvalue weighted by Crippen LogP contribution is -2.61. The van der Waals surface area contributed by atoms with E-state index in [-0.39, 0.29) is 23.3 Å². The smallest absolute Gasteiger partial charge is 0.166 e. The molecular weight excluding hydrogens is 273 g/mol. The Morgan fingerprint density at radius 1 is 1.62 bits per heavy atom. The normalized spacial score (nSPS) is 27.3. The minimum Gasteiger partial charge on any atom is -0.364 e. The fraction of sp³-hybridized carbons (Fsp3) is 0.545. The SMILES string of the molecule is CC1(C)C(N)CC1Nc1ncc(Br)cc1F. The zero-order chi connectivity index (χ0) is 11.9. The van der Waals surface area contributed by atoms with Gasteiger partial charge in [-0.1, -0.05) is 13.8 Å². The standard InChI is InChI=1S/C11H15BrFN3/c1-11(2)8(14)4-9(11)16-10-7(13)3-6(12)5-15-10/h3,5,8-9H,4,14H2,1-2H3,(H,15,16). The van der Waals surface area contributed by atoms with E-state index in [2.05, 4.69) is 40.1 Å². The minimum atomic E-state index is -0.342. The summed E-state index contributed by atoms with van der Waals surface area (Å²) in [4.78, 5) is 4.02. The Morgan fingerprint density at radius 3 is 2.81 bits per heavy atom. The summed E-state index contributed by atoms with van der Waals surface area (Å²) in [6.07, 6.45) is 2.43. The molecule has 88 valence electrons. The van der Waals surface area contributed by atoms with Gasteiger partial charge in [0.1, 0.15) is 0 Å². The fourth-order valence-electron chi connectivity index (χ4n) is 1.89. The first kappa shape index (κ1) is 11.8. The molecule has 0 aromatic carbocycles. The van der Waals surface area contributed by atoms with Crippen LogP contribution in [0, 0.1) is 11.2 Å². The summed E-state index contributed by atoms with van der Waals surface area (Å²) >= 11 is 3.18. The molecule has 16 heavy (non-hydrogen) atoms. The van der Waals surface area contributed by atoms with E-state index in [1.165, 1.54) is 6.07 Å². The number of hydrogen-bond acceptors (Lipinski definition) is 3. The molecule has 0 saturated heterocycles. The van der Waals surface area contributed by atoms with Crippen LogP contribution in [0.3, 0.4) is 0 Å². The molecule has 0 spiro atoms. The highest BCUT2D eigenvalue weighted by atomic mass is 79.9. The van der Waals surface area contributed by atoms with Crippen molar-refractivity contribution in [3.05, 3.63) is 22.6 Å². The largest absolute Gasteiger partial charge is 0.364 e. The van der Waals surface area contributed by atoms with Crippen molar-refractivity contribution in [1.82, 2.24) is 4.98 Å². The van der Waals surface area contributed by atoms with Crippen molar-refractivity contribution >= 4 is 21.7 Å². The maximum absolute atomic E-state index is 13.5. The van der Waals surface area contributed by atoms with Crippen molar-refractivity contribution in [2.75, 3.05) is 5.32 Å². The van der Waals surface area contributed by atoms with Crippen molar-refractivity contribution in [3.63, 3.8) is 0 Å². The van der Waals surface area contributed by atoms with E-state index in [0.717, 1.165) is 6.42 Å². The summed E-state index contributed by atoms with van der Waals surface area (Å²) in [6.45, 7) is 4.16. The van der Waals surface area contributed by atoms with E-state index in [0.29, 0.717) is 10.3 Å². The molecule has 0 aliphatic heterocycles. The Kier molecular flexibility index (Phi) is 2.92. The predicted octanol–water partition coefficient (Wildman–Crippen LogP) is 2.52. The second kappa shape index (κ2) is 3.96. The molecule has 1 fully saturated rings. The average molecular weight is 288 g/mol. The molecule has 0 bridgehead atoms. The molecule has 1 aromatic heterocycles. The van der Waals surface area contributed by atoms with Gasteiger partial charge in [0.05, 0.1) is 0 Å². The summed E-state index contributed by atoms with van der Waals surface area (Å²) < 4.78 is 14.2. The summed E-state index contributed by atoms with van der Waals surface area (Å²) in [5, 5.41) is 3.11. The van der Waals surface area contributed by atoms with Crippen LogP contribution in [0.15, 0.2) is 16.7 Å². The Hall–Kier alpha value is -0.680. The number of nitrogens with one attached hydrogen (secondary N) is 1. The average Bonchev–Trinajstić information content (AvgIpc) is 2.21. The second-order valence-corrected chi connectivity index (χ2v) is 5.76. The van der Waals surface area contributed by atoms with Crippen LogP contribution >= 0.6 is 15.9 Å². The highest BCUT2D eigenvalue weighted by molar-refractivity contribution is 9.10. The van der Waals surface area contributed by atoms with E-state index in [4.69, 9.17) is 5.73 Å². The molecule has 2 atom stereocenters. The molecule has 5 heteroatoms. The summed E-state index contributed by atoms with van der Waals surface area (Å²) in [6, 6.07) is 1.76. The van der Waals surface area contributed by atoms with Crippen LogP contribution in [0.2, 0.25) is 0 Å². The number of aromatic nitrogens is 1. The van der Waals surface area contributed by atoms with Gasteiger partial charge in [0.25, 0.3) is 0 Å². The quantitative estimate of drug-likeness (QED) is 0.879. The van der Waals surface area contributed by atoms with E-state index < -0.39 is 0 Å². The second-order valence-electron chi connectivity index (χ2n) is 4.84. The topological polar surface area (TPSA) is 50.9 Å². The first-order chi connectivity index (χ1) is 7.41. The van der Waals surface area contributed by atoms with Crippen molar-refractivity contribution in [2.45, 2.75) is 32.4 Å². The van der Waals surface area contributed by atoms with Crippen molar-refractivity contribution < 1.29 is 4.39 Å². The highest BCUT2D eigenvalue weighted by Gasteiger charge is 2.46. The predicted molar refractivity (Wildman–Crippen MR) is 65.7 cm³/mol. The Balaban J connectivity index is 2.11. The van der Waals surface area contributed by atoms with Gasteiger partial charge in [-0.15, -0.1) is 0 Å². The third kappa shape index (κ3) is 1.94. The fourth-order valence-corrected chi connectivity index (χ4v) is 2.19. The molecule has 1 saturated carbocycles. The number of anilines is 1. The highest BCUT2D eigenvalue weighted by Crippen LogP contribution is 2.40. The Morgan fingerprint density at radius 2 is 2.31 bits per heavy atom. The third-order valence-corrected chi connectivity index (χ3v) is 3.90. The molecule has 1 aromatic rings. The number of rotatable bonds is 2. The number of hydrogen-bond donors (Lipinski definition) is 2. The molecular formula is C11H15BrFN3. The van der Waals surface area contributed by atoms with Gasteiger partial charge >= 0.3 is 0 Å². The van der Waals surface area contributed by atoms with Crippen LogP contribution in [0.25, 0.3) is 0 Å². The van der Waals surface area contributed by atoms with Gasteiger partial charge in [-0.2, -0.15) is 0 Å². The summed E-state index contributed by atoms with van der Waals surface area (Å²) in [5.74, 6) is -0.0428. The monoisotopic (exact) mass is 287 g/mol. The van der Waals surface area contributed by atoms with E-state index in [1.54, 1.807) is 6.20 Å². The number of halogens is 2. The molecule has 1 heterocycles. The Bertz CT molecular complexity index is 408. The van der Waals surface area contributed by atoms with Crippen LogP contribution in [0.4, 0.5) is 10.2 Å². The van der Waals surface area contributed by atoms with Gasteiger partial charge in [-0.3, -0.25) is 0 Å². The maximum atomic E-state index is 13.5. The maximum Gasteiger partial charge on any atom is 0.166 e. The lowest BCUT2D eigenvalue weighted by atomic mass is 9.63. The molecule has 2 unspecified atom stereocenters. The summed E-state index contributed by atoms with van der Waals surface area (Å²) in [7, 11) is 0. The minimum absolute atomic E-state index is 0.0127. The van der Waals surface area contributed by atoms with Crippen LogP contribution < -0.4 is 11.1 Å². The first-order valence-electron chi connectivity index (χ1n) is 5.24. The number of pyridine rings is 1. The van der Waals surface area contributed by atoms with E-state index in [1.807, 2.05) is 0 Å². The van der Waals surface area contributed by atoms with Gasteiger partial charge in [-0.25, -0.2) is 9.37 Å². The Labute approximate surface area is 103 Å². The van der Waals surface area contributed by atoms with Gasteiger partial charge in [-0.05, 0) is 28.4 Å². The van der Waals surface area contributed by atoms with Crippen LogP contribution in [-0.4, -0.2) is 17.1 Å². The summed E-state index contributed by atoms with van der Waals surface area (Å²) in [5.41, 5.74) is 5.89. The molecule has 0 radical (unpaired) electrons. The van der Waals surface area contributed by atoms with Crippen molar-refractivity contribution in [3.8, 4) is 0 Å². The van der Waals surface area contributed by atoms with E-state index in [9.17, 15) is 4.39 Å². The number of nitrogens with two attached hydrogens (primary N) is 1. The number of nitrogens with zero attached hydrogens (tertiary/aromatic N) is 1. The van der Waals surface area contributed by atoms with Gasteiger partial charge in [0, 0.05) is 28.2 Å². The van der Waals surface area contributed by atoms with Crippen LogP contribution in [0.5, 0.6) is 0 Å². The molecule has 0 amide bonds. The van der Waals surface area contributed by atoms with Gasteiger partial charge in [0.2, 0.25) is 0 Å². The lowest BCUT2D eigenvalue weighted by molar-refractivity contribution is 0.116. The van der Waals surface area contributed by atoms with Gasteiger partial charge < -0.3 is 11.1 Å². The first-order valence-corrected chi connectivity index (χ1v) is 6.03. The van der Waals surface area contributed by atoms with E-state index >= 15 is 0 Å². The third-order valence-electron chi connectivity index (χ3n) is 3.46. The zero-order valence-corrected chi connectivity index (χ0v) is 10.9. The lowest BCUT2D eigenvalue weighted by Gasteiger charge is -2.50. The van der Waals surface area contributed by atoms with Crippen LogP contribution in [0.1, 0.15) is 20.3 Å². The molecule has 1 aliphatic rings. The molecule has 2 rings (SSSR count). The van der Waals surface area contributed by atoms with Crippen molar-refractivity contribution in [1.29, 1.82) is 0 Å². The zero-order valence-electron chi connectivity index (χ0n) is 9.30. The van der Waals surface area contributed by atoms with Crippen LogP contribution in [-0.2, 0) is 0 Å². The van der Waals surface area contributed by atoms with Crippen molar-refractivity contribution in [2.24, 2.45) is 11.1 Å². The molecule has 3 N–H and O–H groups in total. The van der Waals surface area contributed by atoms with Gasteiger partial charge in [0.15, 0.2) is 11.6 Å². The molecule has 1 aliphatic carbocycles. The molecule has 3 nitrogen and oxygen atoms in total.